The average molecular weight is 230 g/mol. The molecule has 0 saturated heterocycles. The SMILES string of the molecule is C=C[C@@H](c1ccc(C)cc1)[C@@H](C=O)CCCC. The molecule has 0 bridgehead atoms. The Bertz CT molecular complexity index is 350. The highest BCUT2D eigenvalue weighted by molar-refractivity contribution is 5.57. The molecule has 0 amide bonds. The van der Waals surface area contributed by atoms with E-state index in [2.05, 4.69) is 44.7 Å². The molecule has 0 heterocycles. The van der Waals surface area contributed by atoms with Crippen LogP contribution in [0.1, 0.15) is 43.2 Å². The summed E-state index contributed by atoms with van der Waals surface area (Å²) in [7, 11) is 0. The summed E-state index contributed by atoms with van der Waals surface area (Å²) in [4.78, 5) is 11.2. The van der Waals surface area contributed by atoms with Crippen molar-refractivity contribution in [3.05, 3.63) is 48.0 Å². The number of unbranched alkanes of at least 4 members (excludes halogenated alkanes) is 1. The predicted molar refractivity (Wildman–Crippen MR) is 73.2 cm³/mol. The molecular formula is C16H22O. The van der Waals surface area contributed by atoms with Gasteiger partial charge in [0.25, 0.3) is 0 Å². The minimum Gasteiger partial charge on any atom is -0.303 e. The monoisotopic (exact) mass is 230 g/mol. The Hall–Kier alpha value is -1.37. The first-order valence-electron chi connectivity index (χ1n) is 6.37. The zero-order chi connectivity index (χ0) is 12.7. The molecule has 0 saturated carbocycles. The van der Waals surface area contributed by atoms with Crippen molar-refractivity contribution < 1.29 is 4.79 Å². The summed E-state index contributed by atoms with van der Waals surface area (Å²) in [6.45, 7) is 8.10. The van der Waals surface area contributed by atoms with Gasteiger partial charge in [0.2, 0.25) is 0 Å². The summed E-state index contributed by atoms with van der Waals surface area (Å²) in [5, 5.41) is 0. The second-order valence-electron chi connectivity index (χ2n) is 4.61. The Morgan fingerprint density at radius 3 is 2.41 bits per heavy atom. The molecular weight excluding hydrogens is 208 g/mol. The van der Waals surface area contributed by atoms with Gasteiger partial charge in [-0.05, 0) is 18.9 Å². The molecule has 92 valence electrons. The van der Waals surface area contributed by atoms with Gasteiger partial charge in [-0.2, -0.15) is 0 Å². The number of benzene rings is 1. The van der Waals surface area contributed by atoms with Crippen LogP contribution in [0.5, 0.6) is 0 Å². The lowest BCUT2D eigenvalue weighted by molar-refractivity contribution is -0.111. The fourth-order valence-corrected chi connectivity index (χ4v) is 2.12. The predicted octanol–water partition coefficient (Wildman–Crippen LogP) is 4.27. The van der Waals surface area contributed by atoms with Crippen LogP contribution >= 0.6 is 0 Å². The summed E-state index contributed by atoms with van der Waals surface area (Å²) in [5.74, 6) is 0.217. The second-order valence-corrected chi connectivity index (χ2v) is 4.61. The lowest BCUT2D eigenvalue weighted by atomic mass is 9.83. The van der Waals surface area contributed by atoms with Gasteiger partial charge < -0.3 is 4.79 Å². The Morgan fingerprint density at radius 1 is 1.29 bits per heavy atom. The van der Waals surface area contributed by atoms with Crippen LogP contribution in [0.4, 0.5) is 0 Å². The maximum Gasteiger partial charge on any atom is 0.123 e. The first kappa shape index (κ1) is 13.7. The van der Waals surface area contributed by atoms with Gasteiger partial charge in [0.1, 0.15) is 6.29 Å². The Morgan fingerprint density at radius 2 is 1.94 bits per heavy atom. The van der Waals surface area contributed by atoms with Gasteiger partial charge in [-0.3, -0.25) is 0 Å². The van der Waals surface area contributed by atoms with Crippen molar-refractivity contribution >= 4 is 6.29 Å². The lowest BCUT2D eigenvalue weighted by Crippen LogP contribution is -2.12. The Labute approximate surface area is 105 Å². The molecule has 1 aromatic rings. The van der Waals surface area contributed by atoms with Gasteiger partial charge in [-0.15, -0.1) is 6.58 Å². The van der Waals surface area contributed by atoms with Crippen molar-refractivity contribution in [3.8, 4) is 0 Å². The van der Waals surface area contributed by atoms with Crippen LogP contribution in [0.25, 0.3) is 0 Å². The highest BCUT2D eigenvalue weighted by Gasteiger charge is 2.19. The summed E-state index contributed by atoms with van der Waals surface area (Å²) < 4.78 is 0. The van der Waals surface area contributed by atoms with E-state index in [1.165, 1.54) is 11.1 Å². The number of aryl methyl sites for hydroxylation is 1. The van der Waals surface area contributed by atoms with Crippen molar-refractivity contribution in [1.29, 1.82) is 0 Å². The van der Waals surface area contributed by atoms with Crippen LogP contribution in [0.3, 0.4) is 0 Å². The summed E-state index contributed by atoms with van der Waals surface area (Å²) in [6.07, 6.45) is 6.16. The molecule has 0 aliphatic heterocycles. The van der Waals surface area contributed by atoms with Crippen LogP contribution in [0.15, 0.2) is 36.9 Å². The maximum absolute atomic E-state index is 11.2. The minimum atomic E-state index is 0.0650. The summed E-state index contributed by atoms with van der Waals surface area (Å²) in [6, 6.07) is 8.38. The van der Waals surface area contributed by atoms with Crippen LogP contribution in [-0.2, 0) is 4.79 Å². The number of allylic oxidation sites excluding steroid dienone is 1. The molecule has 0 spiro atoms. The Balaban J connectivity index is 2.84. The molecule has 0 aromatic heterocycles. The fourth-order valence-electron chi connectivity index (χ4n) is 2.12. The molecule has 1 heteroatoms. The van der Waals surface area contributed by atoms with Crippen LogP contribution < -0.4 is 0 Å². The minimum absolute atomic E-state index is 0.0650. The third-order valence-electron chi connectivity index (χ3n) is 3.24. The average Bonchev–Trinajstić information content (AvgIpc) is 2.36. The van der Waals surface area contributed by atoms with Crippen molar-refractivity contribution in [3.63, 3.8) is 0 Å². The van der Waals surface area contributed by atoms with Crippen molar-refractivity contribution in [2.24, 2.45) is 5.92 Å². The number of hydrogen-bond donors (Lipinski definition) is 0. The fraction of sp³-hybridized carbons (Fsp3) is 0.438. The third-order valence-corrected chi connectivity index (χ3v) is 3.24. The molecule has 17 heavy (non-hydrogen) atoms. The molecule has 0 aliphatic rings. The van der Waals surface area contributed by atoms with E-state index in [0.717, 1.165) is 25.5 Å². The van der Waals surface area contributed by atoms with E-state index in [1.807, 2.05) is 6.08 Å². The summed E-state index contributed by atoms with van der Waals surface area (Å²) in [5.41, 5.74) is 2.44. The molecule has 0 N–H and O–H groups in total. The van der Waals surface area contributed by atoms with Crippen LogP contribution in [0.2, 0.25) is 0 Å². The molecule has 1 aromatic carbocycles. The van der Waals surface area contributed by atoms with Crippen LogP contribution in [0, 0.1) is 12.8 Å². The standard InChI is InChI=1S/C16H22O/c1-4-6-7-15(12-17)16(5-2)14-10-8-13(3)9-11-14/h5,8-12,15-16H,2,4,6-7H2,1,3H3/t15-,16+/m1/s1. The summed E-state index contributed by atoms with van der Waals surface area (Å²) >= 11 is 0. The highest BCUT2D eigenvalue weighted by atomic mass is 16.1. The number of rotatable bonds is 7. The number of carbonyl (C=O) groups excluding carboxylic acids is 1. The van der Waals surface area contributed by atoms with E-state index in [-0.39, 0.29) is 11.8 Å². The topological polar surface area (TPSA) is 17.1 Å². The van der Waals surface area contributed by atoms with E-state index in [9.17, 15) is 4.79 Å². The molecule has 0 unspecified atom stereocenters. The zero-order valence-electron chi connectivity index (χ0n) is 10.9. The van der Waals surface area contributed by atoms with Gasteiger partial charge >= 0.3 is 0 Å². The van der Waals surface area contributed by atoms with Gasteiger partial charge in [0, 0.05) is 11.8 Å². The quantitative estimate of drug-likeness (QED) is 0.505. The molecule has 1 rings (SSSR count). The van der Waals surface area contributed by atoms with E-state index in [4.69, 9.17) is 0 Å². The smallest absolute Gasteiger partial charge is 0.123 e. The molecule has 2 atom stereocenters. The first-order chi connectivity index (χ1) is 8.22. The third kappa shape index (κ3) is 3.85. The van der Waals surface area contributed by atoms with Gasteiger partial charge in [0.05, 0.1) is 0 Å². The number of aldehydes is 1. The van der Waals surface area contributed by atoms with Crippen molar-refractivity contribution in [2.75, 3.05) is 0 Å². The molecule has 1 nitrogen and oxygen atoms in total. The van der Waals surface area contributed by atoms with Gasteiger partial charge in [-0.1, -0.05) is 55.7 Å². The second kappa shape index (κ2) is 7.05. The largest absolute Gasteiger partial charge is 0.303 e. The number of hydrogen-bond acceptors (Lipinski definition) is 1. The van der Waals surface area contributed by atoms with E-state index in [1.54, 1.807) is 0 Å². The van der Waals surface area contributed by atoms with Crippen molar-refractivity contribution in [1.82, 2.24) is 0 Å². The van der Waals surface area contributed by atoms with Gasteiger partial charge in [0.15, 0.2) is 0 Å². The van der Waals surface area contributed by atoms with E-state index in [0.29, 0.717) is 0 Å². The van der Waals surface area contributed by atoms with E-state index >= 15 is 0 Å². The number of carbonyl (C=O) groups is 1. The van der Waals surface area contributed by atoms with Gasteiger partial charge in [-0.25, -0.2) is 0 Å². The maximum atomic E-state index is 11.2. The zero-order valence-corrected chi connectivity index (χ0v) is 10.9. The molecule has 0 radical (unpaired) electrons. The van der Waals surface area contributed by atoms with E-state index < -0.39 is 0 Å². The normalized spacial score (nSPS) is 14.0. The molecule has 0 aliphatic carbocycles. The first-order valence-corrected chi connectivity index (χ1v) is 6.37. The highest BCUT2D eigenvalue weighted by Crippen LogP contribution is 2.28. The lowest BCUT2D eigenvalue weighted by Gasteiger charge is -2.20. The molecule has 0 fully saturated rings. The van der Waals surface area contributed by atoms with Crippen LogP contribution in [-0.4, -0.2) is 6.29 Å². The van der Waals surface area contributed by atoms with Crippen molar-refractivity contribution in [2.45, 2.75) is 39.0 Å². The Kier molecular flexibility index (Phi) is 5.68.